The number of nitrogens with one attached hydrogen (secondary N) is 2. The highest BCUT2D eigenvalue weighted by Crippen LogP contribution is 2.10. The summed E-state index contributed by atoms with van der Waals surface area (Å²) >= 11 is 0. The van der Waals surface area contributed by atoms with Crippen LogP contribution in [0.25, 0.3) is 0 Å². The van der Waals surface area contributed by atoms with Crippen LogP contribution in [0.4, 0.5) is 4.79 Å². The SMILES string of the molecule is CC(C)[C@H](NC(=O)Oc1ccccc1)C(=O)N[C@H](C=O)Cc1ccccc1. The molecule has 27 heavy (non-hydrogen) atoms. The third kappa shape index (κ3) is 6.58. The van der Waals surface area contributed by atoms with Crippen molar-refractivity contribution < 1.29 is 19.1 Å². The highest BCUT2D eigenvalue weighted by atomic mass is 16.6. The highest BCUT2D eigenvalue weighted by molar-refractivity contribution is 5.88. The molecule has 0 fully saturated rings. The van der Waals surface area contributed by atoms with Gasteiger partial charge in [-0.2, -0.15) is 0 Å². The lowest BCUT2D eigenvalue weighted by Gasteiger charge is -2.23. The van der Waals surface area contributed by atoms with Crippen LogP contribution in [0.2, 0.25) is 0 Å². The van der Waals surface area contributed by atoms with Gasteiger partial charge in [-0.05, 0) is 30.0 Å². The molecule has 0 aliphatic carbocycles. The van der Waals surface area contributed by atoms with Gasteiger partial charge in [0.05, 0.1) is 6.04 Å². The van der Waals surface area contributed by atoms with Crippen LogP contribution >= 0.6 is 0 Å². The fourth-order valence-electron chi connectivity index (χ4n) is 2.56. The monoisotopic (exact) mass is 368 g/mol. The standard InChI is InChI=1S/C21H24N2O4/c1-15(2)19(23-21(26)27-18-11-7-4-8-12-18)20(25)22-17(14-24)13-16-9-5-3-6-10-16/h3-12,14-15,17,19H,13H2,1-2H3,(H,22,25)(H,23,26)/t17-,19-/m0/s1. The van der Waals surface area contributed by atoms with Crippen molar-refractivity contribution in [3.8, 4) is 5.75 Å². The summed E-state index contributed by atoms with van der Waals surface area (Å²) in [7, 11) is 0. The Balaban J connectivity index is 1.96. The molecule has 0 unspecified atom stereocenters. The maximum atomic E-state index is 12.6. The lowest BCUT2D eigenvalue weighted by atomic mass is 10.0. The minimum Gasteiger partial charge on any atom is -0.410 e. The number of hydrogen-bond acceptors (Lipinski definition) is 4. The smallest absolute Gasteiger partial charge is 0.410 e. The molecule has 2 rings (SSSR count). The van der Waals surface area contributed by atoms with Crippen molar-refractivity contribution in [2.45, 2.75) is 32.4 Å². The van der Waals surface area contributed by atoms with E-state index in [2.05, 4.69) is 10.6 Å². The molecule has 6 nitrogen and oxygen atoms in total. The summed E-state index contributed by atoms with van der Waals surface area (Å²) < 4.78 is 5.17. The molecule has 0 aromatic heterocycles. The fourth-order valence-corrected chi connectivity index (χ4v) is 2.56. The fraction of sp³-hybridized carbons (Fsp3) is 0.286. The molecule has 2 N–H and O–H groups in total. The van der Waals surface area contributed by atoms with Gasteiger partial charge in [-0.15, -0.1) is 0 Å². The van der Waals surface area contributed by atoms with Crippen LogP contribution in [-0.4, -0.2) is 30.4 Å². The molecular weight excluding hydrogens is 344 g/mol. The van der Waals surface area contributed by atoms with E-state index in [4.69, 9.17) is 4.74 Å². The molecule has 142 valence electrons. The number of para-hydroxylation sites is 1. The minimum atomic E-state index is -0.820. The molecule has 2 aromatic rings. The zero-order valence-corrected chi connectivity index (χ0v) is 15.4. The first-order valence-corrected chi connectivity index (χ1v) is 8.82. The van der Waals surface area contributed by atoms with Crippen molar-refractivity contribution in [3.63, 3.8) is 0 Å². The van der Waals surface area contributed by atoms with E-state index in [0.29, 0.717) is 18.5 Å². The van der Waals surface area contributed by atoms with E-state index < -0.39 is 24.1 Å². The Morgan fingerprint density at radius 1 is 0.963 bits per heavy atom. The number of aldehydes is 1. The third-order valence-electron chi connectivity index (χ3n) is 3.97. The molecule has 0 aliphatic heterocycles. The molecule has 0 spiro atoms. The predicted molar refractivity (Wildman–Crippen MR) is 102 cm³/mol. The molecule has 0 radical (unpaired) electrons. The van der Waals surface area contributed by atoms with Gasteiger partial charge in [0.2, 0.25) is 5.91 Å². The van der Waals surface area contributed by atoms with E-state index in [9.17, 15) is 14.4 Å². The maximum Gasteiger partial charge on any atom is 0.413 e. The van der Waals surface area contributed by atoms with E-state index in [1.165, 1.54) is 0 Å². The van der Waals surface area contributed by atoms with Crippen LogP contribution in [0.15, 0.2) is 60.7 Å². The molecular formula is C21H24N2O4. The van der Waals surface area contributed by atoms with Gasteiger partial charge in [0.25, 0.3) is 0 Å². The predicted octanol–water partition coefficient (Wildman–Crippen LogP) is 2.73. The Kier molecular flexibility index (Phi) is 7.55. The molecule has 0 saturated heterocycles. The number of rotatable bonds is 8. The number of amides is 2. The lowest BCUT2D eigenvalue weighted by molar-refractivity contribution is -0.126. The molecule has 0 saturated carbocycles. The Morgan fingerprint density at radius 2 is 1.56 bits per heavy atom. The van der Waals surface area contributed by atoms with Crippen LogP contribution in [0.1, 0.15) is 19.4 Å². The largest absolute Gasteiger partial charge is 0.413 e. The van der Waals surface area contributed by atoms with E-state index in [1.807, 2.05) is 30.3 Å². The third-order valence-corrected chi connectivity index (χ3v) is 3.97. The van der Waals surface area contributed by atoms with Gasteiger partial charge in [-0.1, -0.05) is 62.4 Å². The average Bonchev–Trinajstić information content (AvgIpc) is 2.66. The van der Waals surface area contributed by atoms with Gasteiger partial charge in [0.1, 0.15) is 18.1 Å². The molecule has 2 atom stereocenters. The quantitative estimate of drug-likeness (QED) is 0.702. The molecule has 6 heteroatoms. The second-order valence-electron chi connectivity index (χ2n) is 6.51. The number of carbonyl (C=O) groups is 3. The van der Waals surface area contributed by atoms with Crippen molar-refractivity contribution in [3.05, 3.63) is 66.2 Å². The first kappa shape index (κ1) is 20.2. The van der Waals surface area contributed by atoms with Gasteiger partial charge in [0, 0.05) is 0 Å². The Hall–Kier alpha value is -3.15. The van der Waals surface area contributed by atoms with Crippen molar-refractivity contribution in [2.75, 3.05) is 0 Å². The van der Waals surface area contributed by atoms with Crippen molar-refractivity contribution in [2.24, 2.45) is 5.92 Å². The average molecular weight is 368 g/mol. The summed E-state index contributed by atoms with van der Waals surface area (Å²) in [5, 5.41) is 5.26. The van der Waals surface area contributed by atoms with Crippen molar-refractivity contribution in [1.82, 2.24) is 10.6 Å². The minimum absolute atomic E-state index is 0.183. The van der Waals surface area contributed by atoms with Gasteiger partial charge in [-0.25, -0.2) is 4.79 Å². The Morgan fingerprint density at radius 3 is 2.11 bits per heavy atom. The molecule has 2 aromatic carbocycles. The zero-order valence-electron chi connectivity index (χ0n) is 15.4. The van der Waals surface area contributed by atoms with E-state index >= 15 is 0 Å². The summed E-state index contributed by atoms with van der Waals surface area (Å²) in [4.78, 5) is 36.1. The van der Waals surface area contributed by atoms with Gasteiger partial charge in [0.15, 0.2) is 0 Å². The van der Waals surface area contributed by atoms with Gasteiger partial charge >= 0.3 is 6.09 Å². The molecule has 0 bridgehead atoms. The van der Waals surface area contributed by atoms with Crippen molar-refractivity contribution in [1.29, 1.82) is 0 Å². The van der Waals surface area contributed by atoms with E-state index in [0.717, 1.165) is 5.56 Å². The topological polar surface area (TPSA) is 84.5 Å². The lowest BCUT2D eigenvalue weighted by Crippen LogP contribution is -2.53. The number of carbonyl (C=O) groups excluding carboxylic acids is 3. The van der Waals surface area contributed by atoms with Crippen molar-refractivity contribution >= 4 is 18.3 Å². The summed E-state index contributed by atoms with van der Waals surface area (Å²) in [6.07, 6.45) is 0.362. The summed E-state index contributed by atoms with van der Waals surface area (Å²) in [5.74, 6) is -0.229. The summed E-state index contributed by atoms with van der Waals surface area (Å²) in [5.41, 5.74) is 0.937. The van der Waals surface area contributed by atoms with Gasteiger partial charge < -0.3 is 20.2 Å². The molecule has 0 aliphatic rings. The van der Waals surface area contributed by atoms with Crippen LogP contribution in [0, 0.1) is 5.92 Å². The highest BCUT2D eigenvalue weighted by Gasteiger charge is 2.27. The van der Waals surface area contributed by atoms with Crippen LogP contribution in [-0.2, 0) is 16.0 Å². The first-order chi connectivity index (χ1) is 13.0. The van der Waals surface area contributed by atoms with Gasteiger partial charge in [-0.3, -0.25) is 4.79 Å². The zero-order chi connectivity index (χ0) is 19.6. The second kappa shape index (κ2) is 10.1. The number of ether oxygens (including phenoxy) is 1. The van der Waals surface area contributed by atoms with Crippen LogP contribution in [0.5, 0.6) is 5.75 Å². The van der Waals surface area contributed by atoms with Crippen LogP contribution in [0.3, 0.4) is 0 Å². The number of benzene rings is 2. The Bertz CT molecular complexity index is 747. The maximum absolute atomic E-state index is 12.6. The van der Waals surface area contributed by atoms with E-state index in [1.54, 1.807) is 44.2 Å². The summed E-state index contributed by atoms with van der Waals surface area (Å²) in [6.45, 7) is 3.61. The van der Waals surface area contributed by atoms with E-state index in [-0.39, 0.29) is 5.92 Å². The molecule has 0 heterocycles. The normalized spacial score (nSPS) is 12.7. The molecule has 2 amide bonds. The van der Waals surface area contributed by atoms with Crippen LogP contribution < -0.4 is 15.4 Å². The summed E-state index contributed by atoms with van der Waals surface area (Å²) in [6, 6.07) is 16.5. The first-order valence-electron chi connectivity index (χ1n) is 8.82. The number of hydrogen-bond donors (Lipinski definition) is 2. The second-order valence-corrected chi connectivity index (χ2v) is 6.51. The Labute approximate surface area is 158 Å².